The van der Waals surface area contributed by atoms with E-state index in [0.717, 1.165) is 44.9 Å². The summed E-state index contributed by atoms with van der Waals surface area (Å²) in [6.45, 7) is 3.27. The van der Waals surface area contributed by atoms with Crippen LogP contribution in [0.2, 0.25) is 0 Å². The lowest BCUT2D eigenvalue weighted by Gasteiger charge is -2.18. The molecule has 0 amide bonds. The highest BCUT2D eigenvalue weighted by atomic mass is 31.2. The van der Waals surface area contributed by atoms with Crippen molar-refractivity contribution in [3.63, 3.8) is 0 Å². The topological polar surface area (TPSA) is 119 Å². The zero-order chi connectivity index (χ0) is 34.0. The van der Waals surface area contributed by atoms with Gasteiger partial charge < -0.3 is 19.3 Å². The van der Waals surface area contributed by atoms with Gasteiger partial charge in [0.15, 0.2) is 6.10 Å². The van der Waals surface area contributed by atoms with E-state index >= 15 is 0 Å². The number of carbonyl (C=O) groups is 2. The van der Waals surface area contributed by atoms with Crippen molar-refractivity contribution in [2.45, 2.75) is 97.0 Å². The normalized spacial score (nSPS) is 13.9. The fourth-order valence-electron chi connectivity index (χ4n) is 3.65. The highest BCUT2D eigenvalue weighted by Crippen LogP contribution is 2.35. The molecule has 0 aromatic carbocycles. The SMILES string of the molecule is CC/C=C/C=C/C=C/C=C/C=C/CCCC(=O)OC(COC(=O)CCCCCCC/C=C/C=C/C=C/C=C/CC)COP(=O)(O)O. The molecule has 0 radical (unpaired) electrons. The maximum atomic E-state index is 12.3. The van der Waals surface area contributed by atoms with Gasteiger partial charge in [-0.25, -0.2) is 4.57 Å². The smallest absolute Gasteiger partial charge is 0.462 e. The van der Waals surface area contributed by atoms with E-state index in [9.17, 15) is 14.2 Å². The zero-order valence-electron chi connectivity index (χ0n) is 27.7. The summed E-state index contributed by atoms with van der Waals surface area (Å²) in [7, 11) is -4.78. The highest BCUT2D eigenvalue weighted by molar-refractivity contribution is 7.46. The quantitative estimate of drug-likeness (QED) is 0.0388. The first-order chi connectivity index (χ1) is 22.3. The molecule has 9 heteroatoms. The molecular weight excluding hydrogens is 603 g/mol. The second kappa shape index (κ2) is 31.7. The van der Waals surface area contributed by atoms with Crippen molar-refractivity contribution >= 4 is 19.8 Å². The third-order valence-electron chi connectivity index (χ3n) is 6.01. The first kappa shape index (κ1) is 42.7. The monoisotopic (exact) mass is 658 g/mol. The first-order valence-corrected chi connectivity index (χ1v) is 17.8. The van der Waals surface area contributed by atoms with Crippen LogP contribution < -0.4 is 0 Å². The lowest BCUT2D eigenvalue weighted by atomic mass is 10.1. The molecule has 0 aromatic heterocycles. The molecule has 46 heavy (non-hydrogen) atoms. The fraction of sp³-hybridized carbons (Fsp3) is 0.459. The molecule has 8 nitrogen and oxygen atoms in total. The molecule has 0 saturated heterocycles. The van der Waals surface area contributed by atoms with Crippen LogP contribution in [0.4, 0.5) is 0 Å². The Morgan fingerprint density at radius 1 is 0.565 bits per heavy atom. The molecule has 0 rings (SSSR count). The molecule has 1 atom stereocenters. The molecule has 1 unspecified atom stereocenters. The van der Waals surface area contributed by atoms with Crippen molar-refractivity contribution in [1.82, 2.24) is 0 Å². The molecule has 0 aliphatic rings. The number of carbonyl (C=O) groups excluding carboxylic acids is 2. The largest absolute Gasteiger partial charge is 0.469 e. The molecule has 0 fully saturated rings. The number of ether oxygens (including phenoxy) is 2. The fourth-order valence-corrected chi connectivity index (χ4v) is 4.01. The summed E-state index contributed by atoms with van der Waals surface area (Å²) in [5, 5.41) is 0. The summed E-state index contributed by atoms with van der Waals surface area (Å²) in [6, 6.07) is 0. The standard InChI is InChI=1S/C37H55O8P/c1-3-5-7-9-11-13-15-17-18-20-21-23-25-27-29-31-36(38)43-33-35(34-44-46(40,41)42)45-37(39)32-30-28-26-24-22-19-16-14-12-10-8-6-4-2/h5-19,22,24,26,35H,3-4,20-21,23,25,27-34H2,1-2H3,(H2,40,41,42)/b7-5+,8-6+,11-9+,12-10+,15-13+,16-14+,18-17+,22-19+,26-24+. The van der Waals surface area contributed by atoms with Crippen LogP contribution in [0.15, 0.2) is 109 Å². The van der Waals surface area contributed by atoms with Crippen LogP contribution in [0.1, 0.15) is 90.9 Å². The van der Waals surface area contributed by atoms with Crippen molar-refractivity contribution in [2.75, 3.05) is 13.2 Å². The maximum Gasteiger partial charge on any atom is 0.469 e. The van der Waals surface area contributed by atoms with E-state index in [0.29, 0.717) is 19.3 Å². The number of hydrogen-bond acceptors (Lipinski definition) is 6. The van der Waals surface area contributed by atoms with Gasteiger partial charge in [0.25, 0.3) is 0 Å². The average Bonchev–Trinajstić information content (AvgIpc) is 3.02. The lowest BCUT2D eigenvalue weighted by molar-refractivity contribution is -0.161. The lowest BCUT2D eigenvalue weighted by Crippen LogP contribution is -2.29. The molecule has 0 aliphatic heterocycles. The van der Waals surface area contributed by atoms with Crippen LogP contribution in [0.3, 0.4) is 0 Å². The Balaban J connectivity index is 4.24. The highest BCUT2D eigenvalue weighted by Gasteiger charge is 2.22. The van der Waals surface area contributed by atoms with Gasteiger partial charge in [-0.05, 0) is 44.9 Å². The number of hydrogen-bond donors (Lipinski definition) is 2. The molecule has 2 N–H and O–H groups in total. The number of rotatable bonds is 27. The second-order valence-corrected chi connectivity index (χ2v) is 11.5. The third kappa shape index (κ3) is 33.6. The van der Waals surface area contributed by atoms with Crippen molar-refractivity contribution in [1.29, 1.82) is 0 Å². The molecule has 0 aliphatic carbocycles. The number of phosphoric ester groups is 1. The summed E-state index contributed by atoms with van der Waals surface area (Å²) >= 11 is 0. The van der Waals surface area contributed by atoms with E-state index in [-0.39, 0.29) is 19.4 Å². The van der Waals surface area contributed by atoms with E-state index in [1.807, 2.05) is 91.1 Å². The van der Waals surface area contributed by atoms with Gasteiger partial charge in [-0.2, -0.15) is 0 Å². The molecule has 0 spiro atoms. The Morgan fingerprint density at radius 3 is 1.52 bits per heavy atom. The van der Waals surface area contributed by atoms with Crippen molar-refractivity contribution < 1.29 is 37.9 Å². The van der Waals surface area contributed by atoms with Crippen LogP contribution in [-0.4, -0.2) is 41.0 Å². The third-order valence-corrected chi connectivity index (χ3v) is 6.49. The Kier molecular flexibility index (Phi) is 29.4. The van der Waals surface area contributed by atoms with E-state index < -0.39 is 32.5 Å². The Labute approximate surface area is 276 Å². The van der Waals surface area contributed by atoms with Crippen LogP contribution in [0, 0.1) is 0 Å². The van der Waals surface area contributed by atoms with Crippen LogP contribution in [-0.2, 0) is 28.2 Å². The van der Waals surface area contributed by atoms with Crippen LogP contribution >= 0.6 is 7.82 Å². The van der Waals surface area contributed by atoms with Crippen LogP contribution in [0.25, 0.3) is 0 Å². The Bertz CT molecular complexity index is 1100. The minimum absolute atomic E-state index is 0.102. The van der Waals surface area contributed by atoms with Gasteiger partial charge in [0.1, 0.15) is 6.61 Å². The van der Waals surface area contributed by atoms with Gasteiger partial charge in [-0.15, -0.1) is 0 Å². The number of phosphoric acid groups is 1. The van der Waals surface area contributed by atoms with Crippen LogP contribution in [0.5, 0.6) is 0 Å². The predicted molar refractivity (Wildman–Crippen MR) is 188 cm³/mol. The number of unbranched alkanes of at least 4 members (excludes halogenated alkanes) is 6. The molecule has 0 saturated carbocycles. The Hall–Kier alpha value is -3.29. The van der Waals surface area contributed by atoms with E-state index in [2.05, 4.69) is 36.6 Å². The van der Waals surface area contributed by atoms with E-state index in [4.69, 9.17) is 19.3 Å². The van der Waals surface area contributed by atoms with Gasteiger partial charge in [0, 0.05) is 12.8 Å². The number of allylic oxidation sites excluding steroid dienone is 18. The summed E-state index contributed by atoms with van der Waals surface area (Å²) in [5.41, 5.74) is 0. The second-order valence-electron chi connectivity index (χ2n) is 10.2. The van der Waals surface area contributed by atoms with Crippen molar-refractivity contribution in [2.24, 2.45) is 0 Å². The van der Waals surface area contributed by atoms with Gasteiger partial charge in [0.05, 0.1) is 6.61 Å². The zero-order valence-corrected chi connectivity index (χ0v) is 28.6. The first-order valence-electron chi connectivity index (χ1n) is 16.3. The van der Waals surface area contributed by atoms with Crippen molar-refractivity contribution in [3.05, 3.63) is 109 Å². The number of esters is 2. The summed E-state index contributed by atoms with van der Waals surface area (Å²) in [5.74, 6) is -1.02. The molecular formula is C37H55O8P. The van der Waals surface area contributed by atoms with Gasteiger partial charge in [-0.1, -0.05) is 142 Å². The molecule has 0 heterocycles. The van der Waals surface area contributed by atoms with E-state index in [1.165, 1.54) is 0 Å². The molecule has 0 bridgehead atoms. The molecule has 256 valence electrons. The molecule has 0 aromatic rings. The average molecular weight is 659 g/mol. The van der Waals surface area contributed by atoms with Gasteiger partial charge in [-0.3, -0.25) is 14.1 Å². The summed E-state index contributed by atoms with van der Waals surface area (Å²) < 4.78 is 26.1. The maximum absolute atomic E-state index is 12.3. The summed E-state index contributed by atoms with van der Waals surface area (Å²) in [4.78, 5) is 42.5. The minimum atomic E-state index is -4.78. The summed E-state index contributed by atoms with van der Waals surface area (Å²) in [6.07, 6.45) is 43.9. The predicted octanol–water partition coefficient (Wildman–Crippen LogP) is 9.28. The van der Waals surface area contributed by atoms with Gasteiger partial charge >= 0.3 is 19.8 Å². The Morgan fingerprint density at radius 2 is 1.00 bits per heavy atom. The van der Waals surface area contributed by atoms with Gasteiger partial charge in [0.2, 0.25) is 0 Å². The van der Waals surface area contributed by atoms with Crippen molar-refractivity contribution in [3.8, 4) is 0 Å². The minimum Gasteiger partial charge on any atom is -0.462 e. The van der Waals surface area contributed by atoms with E-state index in [1.54, 1.807) is 0 Å².